The number of halogens is 1. The van der Waals surface area contributed by atoms with E-state index in [0.29, 0.717) is 11.5 Å². The summed E-state index contributed by atoms with van der Waals surface area (Å²) in [6.07, 6.45) is 5.10. The van der Waals surface area contributed by atoms with Gasteiger partial charge in [0.1, 0.15) is 0 Å². The number of pyridine rings is 1. The molecule has 5 nitrogen and oxygen atoms in total. The predicted octanol–water partition coefficient (Wildman–Crippen LogP) is 2.38. The SMILES string of the molecule is CC(C)(Br)C(=O)Nc1cccnc1-n1cccn1. The minimum Gasteiger partial charge on any atom is -0.322 e. The van der Waals surface area contributed by atoms with E-state index in [-0.39, 0.29) is 5.91 Å². The van der Waals surface area contributed by atoms with Crippen LogP contribution in [0.2, 0.25) is 0 Å². The molecule has 1 amide bonds. The molecule has 18 heavy (non-hydrogen) atoms. The van der Waals surface area contributed by atoms with Crippen LogP contribution in [0.25, 0.3) is 5.82 Å². The Bertz CT molecular complexity index is 545. The summed E-state index contributed by atoms with van der Waals surface area (Å²) in [6, 6.07) is 5.36. The molecule has 6 heteroatoms. The Labute approximate surface area is 113 Å². The number of rotatable bonds is 3. The summed E-state index contributed by atoms with van der Waals surface area (Å²) in [5.74, 6) is 0.455. The number of hydrogen-bond donors (Lipinski definition) is 1. The molecule has 0 aliphatic carbocycles. The molecule has 0 saturated carbocycles. The highest BCUT2D eigenvalue weighted by atomic mass is 79.9. The van der Waals surface area contributed by atoms with Gasteiger partial charge in [-0.3, -0.25) is 4.79 Å². The summed E-state index contributed by atoms with van der Waals surface area (Å²) < 4.78 is 0.973. The van der Waals surface area contributed by atoms with Crippen LogP contribution in [0.3, 0.4) is 0 Å². The lowest BCUT2D eigenvalue weighted by Crippen LogP contribution is -2.31. The highest BCUT2D eigenvalue weighted by Crippen LogP contribution is 2.21. The van der Waals surface area contributed by atoms with E-state index in [1.807, 2.05) is 0 Å². The molecule has 0 saturated heterocycles. The Hall–Kier alpha value is -1.69. The van der Waals surface area contributed by atoms with Gasteiger partial charge >= 0.3 is 0 Å². The van der Waals surface area contributed by atoms with Crippen molar-refractivity contribution in [1.29, 1.82) is 0 Å². The second kappa shape index (κ2) is 4.89. The number of aromatic nitrogens is 3. The summed E-state index contributed by atoms with van der Waals surface area (Å²) in [6.45, 7) is 3.57. The lowest BCUT2D eigenvalue weighted by molar-refractivity contribution is -0.117. The number of amides is 1. The van der Waals surface area contributed by atoms with Crippen LogP contribution in [-0.2, 0) is 4.79 Å². The van der Waals surface area contributed by atoms with Crippen LogP contribution in [0.4, 0.5) is 5.69 Å². The van der Waals surface area contributed by atoms with Gasteiger partial charge in [-0.15, -0.1) is 0 Å². The van der Waals surface area contributed by atoms with Crippen LogP contribution < -0.4 is 5.32 Å². The Kier molecular flexibility index (Phi) is 3.47. The number of alkyl halides is 1. The van der Waals surface area contributed by atoms with Crippen molar-refractivity contribution in [3.05, 3.63) is 36.8 Å². The molecule has 0 aliphatic rings. The maximum absolute atomic E-state index is 11.9. The predicted molar refractivity (Wildman–Crippen MR) is 73.0 cm³/mol. The molecule has 2 heterocycles. The smallest absolute Gasteiger partial charge is 0.240 e. The topological polar surface area (TPSA) is 59.8 Å². The molecule has 0 atom stereocenters. The minimum atomic E-state index is -0.635. The van der Waals surface area contributed by atoms with E-state index in [4.69, 9.17) is 0 Å². The zero-order valence-corrected chi connectivity index (χ0v) is 11.7. The van der Waals surface area contributed by atoms with Gasteiger partial charge in [0.25, 0.3) is 0 Å². The Morgan fingerprint density at radius 1 is 1.39 bits per heavy atom. The van der Waals surface area contributed by atoms with Crippen LogP contribution in [0.15, 0.2) is 36.8 Å². The quantitative estimate of drug-likeness (QED) is 0.886. The monoisotopic (exact) mass is 308 g/mol. The second-order valence-corrected chi connectivity index (χ2v) is 6.23. The summed E-state index contributed by atoms with van der Waals surface area (Å²) in [7, 11) is 0. The van der Waals surface area contributed by atoms with Gasteiger partial charge in [0, 0.05) is 18.6 Å². The van der Waals surface area contributed by atoms with Gasteiger partial charge in [-0.1, -0.05) is 15.9 Å². The number of nitrogens with zero attached hydrogens (tertiary/aromatic N) is 3. The van der Waals surface area contributed by atoms with Crippen molar-refractivity contribution in [2.75, 3.05) is 5.32 Å². The Morgan fingerprint density at radius 2 is 2.17 bits per heavy atom. The third kappa shape index (κ3) is 2.76. The van der Waals surface area contributed by atoms with Crippen LogP contribution in [0.1, 0.15) is 13.8 Å². The molecular weight excluding hydrogens is 296 g/mol. The standard InChI is InChI=1S/C12H13BrN4O/c1-12(2,13)11(18)16-9-5-3-6-14-10(9)17-8-4-7-15-17/h3-8H,1-2H3,(H,16,18). The lowest BCUT2D eigenvalue weighted by Gasteiger charge is -2.17. The molecule has 2 aromatic rings. The van der Waals surface area contributed by atoms with Crippen LogP contribution in [0, 0.1) is 0 Å². The number of carbonyl (C=O) groups excluding carboxylic acids is 1. The van der Waals surface area contributed by atoms with Crippen LogP contribution in [-0.4, -0.2) is 25.0 Å². The molecule has 1 N–H and O–H groups in total. The van der Waals surface area contributed by atoms with Crippen LogP contribution in [0.5, 0.6) is 0 Å². The molecule has 0 aliphatic heterocycles. The number of carbonyl (C=O) groups is 1. The highest BCUT2D eigenvalue weighted by molar-refractivity contribution is 9.10. The van der Waals surface area contributed by atoms with Crippen molar-refractivity contribution < 1.29 is 4.79 Å². The molecule has 0 radical (unpaired) electrons. The molecule has 94 valence electrons. The van der Waals surface area contributed by atoms with Gasteiger partial charge in [-0.05, 0) is 32.0 Å². The Morgan fingerprint density at radius 3 is 2.78 bits per heavy atom. The average molecular weight is 309 g/mol. The molecule has 0 unspecified atom stereocenters. The first-order valence-corrected chi connectivity index (χ1v) is 6.23. The maximum Gasteiger partial charge on any atom is 0.240 e. The molecule has 0 bridgehead atoms. The molecular formula is C12H13BrN4O. The van der Waals surface area contributed by atoms with Crippen molar-refractivity contribution in [3.8, 4) is 5.82 Å². The van der Waals surface area contributed by atoms with E-state index in [1.165, 1.54) is 0 Å². The largest absolute Gasteiger partial charge is 0.322 e. The third-order valence-electron chi connectivity index (χ3n) is 2.30. The molecule has 0 fully saturated rings. The molecule has 0 spiro atoms. The van der Waals surface area contributed by atoms with Crippen molar-refractivity contribution in [2.45, 2.75) is 18.2 Å². The van der Waals surface area contributed by atoms with Crippen molar-refractivity contribution in [1.82, 2.24) is 14.8 Å². The number of nitrogens with one attached hydrogen (secondary N) is 1. The summed E-state index contributed by atoms with van der Waals surface area (Å²) in [5.41, 5.74) is 0.624. The average Bonchev–Trinajstić information content (AvgIpc) is 2.82. The fraction of sp³-hybridized carbons (Fsp3) is 0.250. The highest BCUT2D eigenvalue weighted by Gasteiger charge is 2.24. The fourth-order valence-corrected chi connectivity index (χ4v) is 1.44. The van der Waals surface area contributed by atoms with E-state index in [1.54, 1.807) is 55.3 Å². The van der Waals surface area contributed by atoms with Gasteiger partial charge in [0.05, 0.1) is 10.0 Å². The van der Waals surface area contributed by atoms with E-state index in [9.17, 15) is 4.79 Å². The first-order valence-electron chi connectivity index (χ1n) is 5.44. The fourth-order valence-electron chi connectivity index (χ4n) is 1.34. The van der Waals surface area contributed by atoms with Gasteiger partial charge in [-0.25, -0.2) is 9.67 Å². The van der Waals surface area contributed by atoms with E-state index < -0.39 is 4.32 Å². The van der Waals surface area contributed by atoms with E-state index >= 15 is 0 Å². The van der Waals surface area contributed by atoms with Crippen LogP contribution >= 0.6 is 15.9 Å². The van der Waals surface area contributed by atoms with Gasteiger partial charge in [0.2, 0.25) is 5.91 Å². The first kappa shape index (κ1) is 12.8. The van der Waals surface area contributed by atoms with Gasteiger partial charge in [0.15, 0.2) is 5.82 Å². The van der Waals surface area contributed by atoms with Crippen molar-refractivity contribution in [2.24, 2.45) is 0 Å². The number of hydrogen-bond acceptors (Lipinski definition) is 3. The lowest BCUT2D eigenvalue weighted by atomic mass is 10.2. The van der Waals surface area contributed by atoms with Crippen molar-refractivity contribution >= 4 is 27.5 Å². The van der Waals surface area contributed by atoms with Gasteiger partial charge in [-0.2, -0.15) is 5.10 Å². The first-order chi connectivity index (χ1) is 8.48. The minimum absolute atomic E-state index is 0.135. The van der Waals surface area contributed by atoms with E-state index in [2.05, 4.69) is 31.3 Å². The third-order valence-corrected chi connectivity index (χ3v) is 2.66. The summed E-state index contributed by atoms with van der Waals surface area (Å²) in [5, 5.41) is 6.94. The number of anilines is 1. The van der Waals surface area contributed by atoms with Gasteiger partial charge < -0.3 is 5.32 Å². The summed E-state index contributed by atoms with van der Waals surface area (Å²) in [4.78, 5) is 16.2. The zero-order valence-electron chi connectivity index (χ0n) is 10.1. The molecule has 2 aromatic heterocycles. The summed E-state index contributed by atoms with van der Waals surface area (Å²) >= 11 is 3.32. The Balaban J connectivity index is 2.32. The van der Waals surface area contributed by atoms with Crippen molar-refractivity contribution in [3.63, 3.8) is 0 Å². The molecule has 0 aromatic carbocycles. The van der Waals surface area contributed by atoms with E-state index in [0.717, 1.165) is 0 Å². The zero-order chi connectivity index (χ0) is 13.2. The molecule has 2 rings (SSSR count). The maximum atomic E-state index is 11.9. The normalized spacial score (nSPS) is 11.3. The second-order valence-electron chi connectivity index (χ2n) is 4.25.